The lowest BCUT2D eigenvalue weighted by molar-refractivity contribution is -0.132. The third kappa shape index (κ3) is 6.21. The number of carbonyl (C=O) groups excluding carboxylic acids is 3. The summed E-state index contributed by atoms with van der Waals surface area (Å²) in [5, 5.41) is 1.84. The Kier molecular flexibility index (Phi) is 7.52. The highest BCUT2D eigenvalue weighted by Gasteiger charge is 2.14. The minimum Gasteiger partial charge on any atom is -0.341 e. The minimum absolute atomic E-state index is 0.0132. The van der Waals surface area contributed by atoms with Crippen molar-refractivity contribution in [1.82, 2.24) is 4.90 Å². The van der Waals surface area contributed by atoms with Gasteiger partial charge in [0.1, 0.15) is 5.78 Å². The Labute approximate surface area is 160 Å². The van der Waals surface area contributed by atoms with E-state index in [1.165, 1.54) is 11.3 Å². The van der Waals surface area contributed by atoms with Crippen LogP contribution in [0.2, 0.25) is 0 Å². The summed E-state index contributed by atoms with van der Waals surface area (Å²) in [5.74, 6) is -0.137. The number of hydrogen-bond acceptors (Lipinski definition) is 4. The third-order valence-electron chi connectivity index (χ3n) is 3.84. The fourth-order valence-electron chi connectivity index (χ4n) is 2.35. The molecule has 0 atom stereocenters. The molecular formula is C19H20BrNO3S. The van der Waals surface area contributed by atoms with E-state index in [1.807, 2.05) is 35.7 Å². The van der Waals surface area contributed by atoms with Gasteiger partial charge in [-0.2, -0.15) is 0 Å². The van der Waals surface area contributed by atoms with Gasteiger partial charge < -0.3 is 4.90 Å². The number of thiophene rings is 1. The molecular weight excluding hydrogens is 402 g/mol. The van der Waals surface area contributed by atoms with E-state index in [1.54, 1.807) is 18.0 Å². The molecule has 0 bridgehead atoms. The van der Waals surface area contributed by atoms with Crippen LogP contribution in [0.1, 0.15) is 40.9 Å². The Bertz CT molecular complexity index is 743. The van der Waals surface area contributed by atoms with Crippen molar-refractivity contribution in [2.75, 3.05) is 7.05 Å². The van der Waals surface area contributed by atoms with Crippen molar-refractivity contribution in [2.45, 2.75) is 32.2 Å². The first-order valence-electron chi connectivity index (χ1n) is 8.03. The summed E-state index contributed by atoms with van der Waals surface area (Å²) in [6.45, 7) is 0.491. The first-order chi connectivity index (χ1) is 12.0. The van der Waals surface area contributed by atoms with E-state index in [9.17, 15) is 14.4 Å². The second-order valence-corrected chi connectivity index (χ2v) is 7.58. The van der Waals surface area contributed by atoms with Gasteiger partial charge in [-0.15, -0.1) is 11.3 Å². The molecule has 0 saturated heterocycles. The fourth-order valence-corrected chi connectivity index (χ4v) is 3.45. The molecule has 1 aromatic heterocycles. The van der Waals surface area contributed by atoms with Crippen molar-refractivity contribution in [3.05, 3.63) is 56.7 Å². The SMILES string of the molecule is CN(Cc1ccccc1Br)C(=O)CCC(=O)CCC(=O)c1cccs1. The van der Waals surface area contributed by atoms with Gasteiger partial charge in [0, 0.05) is 43.7 Å². The van der Waals surface area contributed by atoms with Gasteiger partial charge in [0.15, 0.2) is 5.78 Å². The average molecular weight is 422 g/mol. The number of hydrogen-bond donors (Lipinski definition) is 0. The molecule has 1 aromatic carbocycles. The first kappa shape index (κ1) is 19.5. The molecule has 0 aliphatic heterocycles. The smallest absolute Gasteiger partial charge is 0.223 e. The molecule has 1 amide bonds. The summed E-state index contributed by atoms with van der Waals surface area (Å²) >= 11 is 4.84. The highest BCUT2D eigenvalue weighted by molar-refractivity contribution is 9.10. The Balaban J connectivity index is 1.72. The second-order valence-electron chi connectivity index (χ2n) is 5.78. The van der Waals surface area contributed by atoms with Gasteiger partial charge in [-0.25, -0.2) is 0 Å². The lowest BCUT2D eigenvalue weighted by Gasteiger charge is -2.18. The molecule has 25 heavy (non-hydrogen) atoms. The van der Waals surface area contributed by atoms with Gasteiger partial charge in [-0.1, -0.05) is 40.2 Å². The molecule has 2 aromatic rings. The molecule has 4 nitrogen and oxygen atoms in total. The topological polar surface area (TPSA) is 54.5 Å². The number of halogens is 1. The normalized spacial score (nSPS) is 10.5. The number of ketones is 2. The number of nitrogens with zero attached hydrogens (tertiary/aromatic N) is 1. The van der Waals surface area contributed by atoms with Crippen molar-refractivity contribution in [3.63, 3.8) is 0 Å². The Hall–Kier alpha value is -1.79. The maximum Gasteiger partial charge on any atom is 0.223 e. The summed E-state index contributed by atoms with van der Waals surface area (Å²) < 4.78 is 0.956. The monoisotopic (exact) mass is 421 g/mol. The van der Waals surface area contributed by atoms with Crippen LogP contribution in [0.25, 0.3) is 0 Å². The highest BCUT2D eigenvalue weighted by Crippen LogP contribution is 2.18. The van der Waals surface area contributed by atoms with E-state index in [-0.39, 0.29) is 43.2 Å². The highest BCUT2D eigenvalue weighted by atomic mass is 79.9. The van der Waals surface area contributed by atoms with Crippen molar-refractivity contribution < 1.29 is 14.4 Å². The van der Waals surface area contributed by atoms with Crippen molar-refractivity contribution in [3.8, 4) is 0 Å². The zero-order chi connectivity index (χ0) is 18.2. The maximum atomic E-state index is 12.2. The third-order valence-corrected chi connectivity index (χ3v) is 5.52. The molecule has 0 fully saturated rings. The Morgan fingerprint density at radius 3 is 2.40 bits per heavy atom. The van der Waals surface area contributed by atoms with Crippen molar-refractivity contribution in [2.24, 2.45) is 0 Å². The van der Waals surface area contributed by atoms with Crippen LogP contribution in [-0.2, 0) is 16.1 Å². The van der Waals surface area contributed by atoms with Crippen molar-refractivity contribution >= 4 is 44.7 Å². The Morgan fingerprint density at radius 1 is 1.00 bits per heavy atom. The van der Waals surface area contributed by atoms with Gasteiger partial charge in [-0.05, 0) is 23.1 Å². The summed E-state index contributed by atoms with van der Waals surface area (Å²) in [6, 6.07) is 11.3. The van der Waals surface area contributed by atoms with Gasteiger partial charge in [0.2, 0.25) is 5.91 Å². The molecule has 6 heteroatoms. The van der Waals surface area contributed by atoms with E-state index in [0.29, 0.717) is 11.4 Å². The van der Waals surface area contributed by atoms with Crippen LogP contribution in [0.15, 0.2) is 46.3 Å². The van der Waals surface area contributed by atoms with Crippen LogP contribution < -0.4 is 0 Å². The molecule has 0 aliphatic rings. The number of Topliss-reactive ketones (excluding diaryl/α,β-unsaturated/α-hetero) is 2. The summed E-state index contributed by atoms with van der Waals surface area (Å²) in [6.07, 6.45) is 0.752. The second kappa shape index (κ2) is 9.63. The fraction of sp³-hybridized carbons (Fsp3) is 0.316. The maximum absolute atomic E-state index is 12.2. The van der Waals surface area contributed by atoms with Crippen LogP contribution in [0, 0.1) is 0 Å². The quantitative estimate of drug-likeness (QED) is 0.560. The van der Waals surface area contributed by atoms with E-state index < -0.39 is 0 Å². The van der Waals surface area contributed by atoms with Gasteiger partial charge >= 0.3 is 0 Å². The molecule has 0 aliphatic carbocycles. The largest absolute Gasteiger partial charge is 0.341 e. The van der Waals surface area contributed by atoms with Crippen LogP contribution in [0.4, 0.5) is 0 Å². The van der Waals surface area contributed by atoms with E-state index in [4.69, 9.17) is 0 Å². The van der Waals surface area contributed by atoms with Crippen LogP contribution in [0.5, 0.6) is 0 Å². The Morgan fingerprint density at radius 2 is 1.72 bits per heavy atom. The van der Waals surface area contributed by atoms with Crippen LogP contribution in [0.3, 0.4) is 0 Å². The standard InChI is InChI=1S/C19H20BrNO3S/c1-21(13-14-5-2-3-6-16(14)20)19(24)11-9-15(22)8-10-17(23)18-7-4-12-25-18/h2-7,12H,8-11,13H2,1H3. The molecule has 0 spiro atoms. The number of amides is 1. The van der Waals surface area contributed by atoms with Crippen molar-refractivity contribution in [1.29, 1.82) is 0 Å². The molecule has 132 valence electrons. The van der Waals surface area contributed by atoms with Crippen LogP contribution >= 0.6 is 27.3 Å². The summed E-state index contributed by atoms with van der Waals surface area (Å²) in [4.78, 5) is 38.3. The van der Waals surface area contributed by atoms with Crippen LogP contribution in [-0.4, -0.2) is 29.4 Å². The zero-order valence-electron chi connectivity index (χ0n) is 14.0. The number of rotatable bonds is 9. The summed E-state index contributed by atoms with van der Waals surface area (Å²) in [7, 11) is 1.73. The van der Waals surface area contributed by atoms with E-state index >= 15 is 0 Å². The molecule has 0 saturated carbocycles. The molecule has 1 heterocycles. The molecule has 0 N–H and O–H groups in total. The van der Waals surface area contributed by atoms with Gasteiger partial charge in [0.05, 0.1) is 4.88 Å². The lowest BCUT2D eigenvalue weighted by atomic mass is 10.1. The van der Waals surface area contributed by atoms with E-state index in [2.05, 4.69) is 15.9 Å². The van der Waals surface area contributed by atoms with Gasteiger partial charge in [0.25, 0.3) is 0 Å². The first-order valence-corrected chi connectivity index (χ1v) is 9.70. The van der Waals surface area contributed by atoms with E-state index in [0.717, 1.165) is 10.0 Å². The number of carbonyl (C=O) groups is 3. The minimum atomic E-state index is -0.0753. The predicted octanol–water partition coefficient (Wildman–Crippen LogP) is 4.48. The molecule has 0 unspecified atom stereocenters. The molecule has 2 rings (SSSR count). The zero-order valence-corrected chi connectivity index (χ0v) is 16.4. The summed E-state index contributed by atoms with van der Waals surface area (Å²) in [5.41, 5.74) is 1.02. The average Bonchev–Trinajstić information content (AvgIpc) is 3.14. The number of benzene rings is 1. The molecule has 0 radical (unpaired) electrons. The predicted molar refractivity (Wildman–Crippen MR) is 103 cm³/mol. The van der Waals surface area contributed by atoms with Gasteiger partial charge in [-0.3, -0.25) is 14.4 Å². The lowest BCUT2D eigenvalue weighted by Crippen LogP contribution is -2.26.